The predicted molar refractivity (Wildman–Crippen MR) is 98.7 cm³/mol. The molecule has 0 aromatic heterocycles. The van der Waals surface area contributed by atoms with Gasteiger partial charge in [-0.2, -0.15) is 0 Å². The van der Waals surface area contributed by atoms with Gasteiger partial charge in [-0.3, -0.25) is 4.79 Å². The standard InChI is InChI=1S/C20H32N2O2/c1-6-22-11-9-17(10-12-22)21(5)20(23)14-24-19-13-16(4)7-8-18(19)15(2)3/h7-8,13,15,17H,6,9-12,14H2,1-5H3. The van der Waals surface area contributed by atoms with Crippen LogP contribution < -0.4 is 4.74 Å². The van der Waals surface area contributed by atoms with Crippen molar-refractivity contribution in [2.75, 3.05) is 33.3 Å². The van der Waals surface area contributed by atoms with Gasteiger partial charge in [0.15, 0.2) is 6.61 Å². The Hall–Kier alpha value is -1.55. The molecule has 0 bridgehead atoms. The molecule has 1 saturated heterocycles. The quantitative estimate of drug-likeness (QED) is 0.800. The van der Waals surface area contributed by atoms with E-state index in [9.17, 15) is 4.79 Å². The fourth-order valence-corrected chi connectivity index (χ4v) is 3.31. The summed E-state index contributed by atoms with van der Waals surface area (Å²) in [5.41, 5.74) is 2.31. The lowest BCUT2D eigenvalue weighted by Crippen LogP contribution is -2.46. The van der Waals surface area contributed by atoms with Crippen molar-refractivity contribution >= 4 is 5.91 Å². The Morgan fingerprint density at radius 3 is 2.58 bits per heavy atom. The number of aryl methyl sites for hydroxylation is 1. The van der Waals surface area contributed by atoms with Crippen LogP contribution in [0.5, 0.6) is 5.75 Å². The molecule has 24 heavy (non-hydrogen) atoms. The molecule has 134 valence electrons. The van der Waals surface area contributed by atoms with Gasteiger partial charge in [0.05, 0.1) is 0 Å². The third-order valence-corrected chi connectivity index (χ3v) is 5.09. The Labute approximate surface area is 146 Å². The summed E-state index contributed by atoms with van der Waals surface area (Å²) in [5.74, 6) is 1.29. The number of carbonyl (C=O) groups excluding carboxylic acids is 1. The number of likely N-dealkylation sites (tertiary alicyclic amines) is 1. The number of benzene rings is 1. The van der Waals surface area contributed by atoms with Crippen molar-refractivity contribution < 1.29 is 9.53 Å². The second-order valence-electron chi connectivity index (χ2n) is 7.15. The molecule has 1 aliphatic rings. The third-order valence-electron chi connectivity index (χ3n) is 5.09. The maximum absolute atomic E-state index is 12.5. The number of nitrogens with zero attached hydrogens (tertiary/aromatic N) is 2. The first-order valence-electron chi connectivity index (χ1n) is 9.13. The Bertz CT molecular complexity index is 549. The van der Waals surface area contributed by atoms with Crippen LogP contribution >= 0.6 is 0 Å². The fraction of sp³-hybridized carbons (Fsp3) is 0.650. The van der Waals surface area contributed by atoms with Gasteiger partial charge in [0, 0.05) is 26.2 Å². The predicted octanol–water partition coefficient (Wildman–Crippen LogP) is 3.44. The van der Waals surface area contributed by atoms with Crippen LogP contribution in [0, 0.1) is 6.92 Å². The van der Waals surface area contributed by atoms with Crippen molar-refractivity contribution in [3.63, 3.8) is 0 Å². The highest BCUT2D eigenvalue weighted by Crippen LogP contribution is 2.27. The number of likely N-dealkylation sites (N-methyl/N-ethyl adjacent to an activating group) is 1. The molecule has 1 fully saturated rings. The van der Waals surface area contributed by atoms with E-state index < -0.39 is 0 Å². The number of ether oxygens (including phenoxy) is 1. The molecule has 0 radical (unpaired) electrons. The zero-order valence-corrected chi connectivity index (χ0v) is 15.8. The van der Waals surface area contributed by atoms with Crippen molar-refractivity contribution in [3.05, 3.63) is 29.3 Å². The van der Waals surface area contributed by atoms with Gasteiger partial charge in [0.2, 0.25) is 0 Å². The maximum atomic E-state index is 12.5. The molecule has 4 nitrogen and oxygen atoms in total. The van der Waals surface area contributed by atoms with Crippen LogP contribution in [0.15, 0.2) is 18.2 Å². The molecular formula is C20H32N2O2. The Morgan fingerprint density at radius 1 is 1.33 bits per heavy atom. The lowest BCUT2D eigenvalue weighted by atomic mass is 10.0. The number of hydrogen-bond acceptors (Lipinski definition) is 3. The van der Waals surface area contributed by atoms with Gasteiger partial charge in [-0.05, 0) is 49.4 Å². The molecule has 0 aliphatic carbocycles. The van der Waals surface area contributed by atoms with Gasteiger partial charge in [0.25, 0.3) is 5.91 Å². The lowest BCUT2D eigenvalue weighted by molar-refractivity contribution is -0.135. The van der Waals surface area contributed by atoms with Gasteiger partial charge in [-0.15, -0.1) is 0 Å². The molecule has 0 saturated carbocycles. The van der Waals surface area contributed by atoms with Crippen molar-refractivity contribution in [2.24, 2.45) is 0 Å². The normalized spacial score (nSPS) is 16.4. The van der Waals surface area contributed by atoms with Crippen molar-refractivity contribution in [3.8, 4) is 5.75 Å². The zero-order valence-electron chi connectivity index (χ0n) is 15.8. The van der Waals surface area contributed by atoms with Crippen molar-refractivity contribution in [1.29, 1.82) is 0 Å². The number of amides is 1. The van der Waals surface area contributed by atoms with Gasteiger partial charge < -0.3 is 14.5 Å². The van der Waals surface area contributed by atoms with Gasteiger partial charge in [-0.1, -0.05) is 32.9 Å². The zero-order chi connectivity index (χ0) is 17.7. The van der Waals surface area contributed by atoms with E-state index in [1.807, 2.05) is 24.9 Å². The molecule has 1 aliphatic heterocycles. The first kappa shape index (κ1) is 18.8. The molecule has 0 unspecified atom stereocenters. The van der Waals surface area contributed by atoms with E-state index >= 15 is 0 Å². The van der Waals surface area contributed by atoms with E-state index in [1.54, 1.807) is 0 Å². The van der Waals surface area contributed by atoms with Crippen molar-refractivity contribution in [2.45, 2.75) is 52.5 Å². The van der Waals surface area contributed by atoms with E-state index in [1.165, 1.54) is 0 Å². The summed E-state index contributed by atoms with van der Waals surface area (Å²) in [7, 11) is 1.91. The first-order chi connectivity index (χ1) is 11.4. The second-order valence-corrected chi connectivity index (χ2v) is 7.15. The smallest absolute Gasteiger partial charge is 0.260 e. The first-order valence-corrected chi connectivity index (χ1v) is 9.13. The summed E-state index contributed by atoms with van der Waals surface area (Å²) in [5, 5.41) is 0. The minimum Gasteiger partial charge on any atom is -0.483 e. The fourth-order valence-electron chi connectivity index (χ4n) is 3.31. The number of carbonyl (C=O) groups is 1. The van der Waals surface area contributed by atoms with E-state index in [4.69, 9.17) is 4.74 Å². The van der Waals surface area contributed by atoms with Crippen LogP contribution in [0.2, 0.25) is 0 Å². The van der Waals surface area contributed by atoms with E-state index in [0.717, 1.165) is 49.4 Å². The summed E-state index contributed by atoms with van der Waals surface area (Å²) in [6.45, 7) is 11.9. The number of piperidine rings is 1. The molecule has 0 N–H and O–H groups in total. The highest BCUT2D eigenvalue weighted by molar-refractivity contribution is 5.77. The van der Waals surface area contributed by atoms with E-state index in [2.05, 4.69) is 37.8 Å². The number of rotatable bonds is 6. The average molecular weight is 332 g/mol. The average Bonchev–Trinajstić information content (AvgIpc) is 2.58. The van der Waals surface area contributed by atoms with Crippen LogP contribution in [-0.2, 0) is 4.79 Å². The Morgan fingerprint density at radius 2 is 2.00 bits per heavy atom. The van der Waals surface area contributed by atoms with Crippen molar-refractivity contribution in [1.82, 2.24) is 9.80 Å². The summed E-state index contributed by atoms with van der Waals surface area (Å²) < 4.78 is 5.89. The Balaban J connectivity index is 1.92. The van der Waals surface area contributed by atoms with Crippen LogP contribution in [0.4, 0.5) is 0 Å². The van der Waals surface area contributed by atoms with Crippen LogP contribution in [-0.4, -0.2) is 55.0 Å². The minimum atomic E-state index is 0.0705. The molecule has 1 heterocycles. The SMILES string of the molecule is CCN1CCC(N(C)C(=O)COc2cc(C)ccc2C(C)C)CC1. The maximum Gasteiger partial charge on any atom is 0.260 e. The summed E-state index contributed by atoms with van der Waals surface area (Å²) in [6, 6.07) is 6.57. The highest BCUT2D eigenvalue weighted by atomic mass is 16.5. The van der Waals surface area contributed by atoms with Gasteiger partial charge in [0.1, 0.15) is 5.75 Å². The molecule has 0 atom stereocenters. The molecule has 1 aromatic carbocycles. The number of hydrogen-bond donors (Lipinski definition) is 0. The van der Waals surface area contributed by atoms with E-state index in [0.29, 0.717) is 12.0 Å². The topological polar surface area (TPSA) is 32.8 Å². The van der Waals surface area contributed by atoms with Crippen LogP contribution in [0.25, 0.3) is 0 Å². The summed E-state index contributed by atoms with van der Waals surface area (Å²) in [4.78, 5) is 16.8. The highest BCUT2D eigenvalue weighted by Gasteiger charge is 2.25. The van der Waals surface area contributed by atoms with Crippen LogP contribution in [0.1, 0.15) is 50.7 Å². The molecule has 0 spiro atoms. The molecule has 2 rings (SSSR count). The lowest BCUT2D eigenvalue weighted by Gasteiger charge is -2.36. The molecule has 1 amide bonds. The summed E-state index contributed by atoms with van der Waals surface area (Å²) >= 11 is 0. The minimum absolute atomic E-state index is 0.0705. The molecule has 1 aromatic rings. The van der Waals surface area contributed by atoms with Gasteiger partial charge >= 0.3 is 0 Å². The monoisotopic (exact) mass is 332 g/mol. The Kier molecular flexibility index (Phi) is 6.67. The van der Waals surface area contributed by atoms with Crippen LogP contribution in [0.3, 0.4) is 0 Å². The molecule has 4 heteroatoms. The second kappa shape index (κ2) is 8.52. The summed E-state index contributed by atoms with van der Waals surface area (Å²) in [6.07, 6.45) is 2.11. The third kappa shape index (κ3) is 4.73. The van der Waals surface area contributed by atoms with Gasteiger partial charge in [-0.25, -0.2) is 0 Å². The largest absolute Gasteiger partial charge is 0.483 e. The van der Waals surface area contributed by atoms with E-state index in [-0.39, 0.29) is 12.5 Å². The molecular weight excluding hydrogens is 300 g/mol.